The van der Waals surface area contributed by atoms with E-state index in [1.807, 2.05) is 32.9 Å². The molecule has 0 spiro atoms. The average molecular weight is 399 g/mol. The van der Waals surface area contributed by atoms with Gasteiger partial charge >= 0.3 is 5.97 Å². The fourth-order valence-corrected chi connectivity index (χ4v) is 4.14. The van der Waals surface area contributed by atoms with Crippen molar-refractivity contribution in [1.29, 1.82) is 0 Å². The minimum atomic E-state index is -0.315. The summed E-state index contributed by atoms with van der Waals surface area (Å²) in [5.74, 6) is 0.378. The number of benzene rings is 1. The molecular formula is C21H26N4O2S. The number of anilines is 3. The van der Waals surface area contributed by atoms with Gasteiger partial charge in [0.15, 0.2) is 0 Å². The van der Waals surface area contributed by atoms with Gasteiger partial charge in [-0.25, -0.2) is 14.8 Å². The van der Waals surface area contributed by atoms with Gasteiger partial charge in [0.25, 0.3) is 0 Å². The second kappa shape index (κ2) is 8.56. The Labute approximate surface area is 169 Å². The Morgan fingerprint density at radius 3 is 2.46 bits per heavy atom. The summed E-state index contributed by atoms with van der Waals surface area (Å²) >= 11 is 1.34. The van der Waals surface area contributed by atoms with E-state index >= 15 is 0 Å². The molecule has 3 aromatic rings. The van der Waals surface area contributed by atoms with E-state index in [4.69, 9.17) is 4.74 Å². The lowest BCUT2D eigenvalue weighted by Crippen LogP contribution is -2.21. The number of hydrogen-bond donors (Lipinski definition) is 1. The van der Waals surface area contributed by atoms with Gasteiger partial charge in [-0.2, -0.15) is 0 Å². The van der Waals surface area contributed by atoms with Crippen LogP contribution in [0.15, 0.2) is 30.6 Å². The molecule has 0 amide bonds. The van der Waals surface area contributed by atoms with Crippen molar-refractivity contribution in [3.63, 3.8) is 0 Å². The number of ether oxygens (including phenoxy) is 1. The van der Waals surface area contributed by atoms with Gasteiger partial charge in [-0.3, -0.25) is 0 Å². The van der Waals surface area contributed by atoms with E-state index in [-0.39, 0.29) is 12.1 Å². The third-order valence-electron chi connectivity index (χ3n) is 4.51. The van der Waals surface area contributed by atoms with Gasteiger partial charge < -0.3 is 15.0 Å². The van der Waals surface area contributed by atoms with E-state index in [1.54, 1.807) is 0 Å². The molecule has 0 aliphatic carbocycles. The molecule has 0 fully saturated rings. The summed E-state index contributed by atoms with van der Waals surface area (Å²) in [6.07, 6.45) is 1.35. The second-order valence-electron chi connectivity index (χ2n) is 6.76. The fourth-order valence-electron chi connectivity index (χ4n) is 3.11. The number of hydrogen-bond acceptors (Lipinski definition) is 7. The Morgan fingerprint density at radius 2 is 1.86 bits per heavy atom. The molecule has 0 bridgehead atoms. The fraction of sp³-hybridized carbons (Fsp3) is 0.381. The van der Waals surface area contributed by atoms with Crippen LogP contribution in [0.25, 0.3) is 10.2 Å². The number of esters is 1. The Balaban J connectivity index is 1.91. The monoisotopic (exact) mass is 398 g/mol. The molecule has 3 rings (SSSR count). The van der Waals surface area contributed by atoms with Crippen molar-refractivity contribution in [2.24, 2.45) is 0 Å². The van der Waals surface area contributed by atoms with Crippen LogP contribution in [0.4, 0.5) is 17.2 Å². The van der Waals surface area contributed by atoms with Crippen LogP contribution in [0.5, 0.6) is 0 Å². The summed E-state index contributed by atoms with van der Waals surface area (Å²) in [6, 6.07) is 8.27. The molecule has 6 nitrogen and oxygen atoms in total. The number of fused-ring (bicyclic) bond motifs is 1. The summed E-state index contributed by atoms with van der Waals surface area (Å²) in [5.41, 5.74) is 2.97. The van der Waals surface area contributed by atoms with Crippen molar-refractivity contribution < 1.29 is 9.53 Å². The van der Waals surface area contributed by atoms with Crippen molar-refractivity contribution in [1.82, 2.24) is 9.97 Å². The molecule has 148 valence electrons. The first kappa shape index (κ1) is 20.1. The maximum absolute atomic E-state index is 12.4. The van der Waals surface area contributed by atoms with Crippen molar-refractivity contribution in [3.05, 3.63) is 41.0 Å². The highest BCUT2D eigenvalue weighted by Crippen LogP contribution is 2.35. The molecule has 1 aromatic carbocycles. The number of aromatic nitrogens is 2. The van der Waals surface area contributed by atoms with Crippen LogP contribution in [-0.2, 0) is 4.74 Å². The molecule has 2 aromatic heterocycles. The summed E-state index contributed by atoms with van der Waals surface area (Å²) in [7, 11) is 0. The molecule has 1 N–H and O–H groups in total. The van der Waals surface area contributed by atoms with Crippen molar-refractivity contribution in [2.75, 3.05) is 23.3 Å². The smallest absolute Gasteiger partial charge is 0.348 e. The zero-order chi connectivity index (χ0) is 20.3. The highest BCUT2D eigenvalue weighted by molar-refractivity contribution is 7.20. The highest BCUT2D eigenvalue weighted by Gasteiger charge is 2.21. The Kier molecular flexibility index (Phi) is 6.14. The van der Waals surface area contributed by atoms with Gasteiger partial charge in [0, 0.05) is 24.5 Å². The highest BCUT2D eigenvalue weighted by atomic mass is 32.1. The molecule has 0 saturated heterocycles. The van der Waals surface area contributed by atoms with Gasteiger partial charge in [-0.15, -0.1) is 11.3 Å². The van der Waals surface area contributed by atoms with Crippen molar-refractivity contribution in [3.8, 4) is 0 Å². The first-order valence-corrected chi connectivity index (χ1v) is 10.3. The zero-order valence-electron chi connectivity index (χ0n) is 16.9. The quantitative estimate of drug-likeness (QED) is 0.555. The molecular weight excluding hydrogens is 372 g/mol. The topological polar surface area (TPSA) is 67.3 Å². The zero-order valence-corrected chi connectivity index (χ0v) is 17.8. The molecule has 0 radical (unpaired) electrons. The van der Waals surface area contributed by atoms with Gasteiger partial charge in [0.2, 0.25) is 0 Å². The van der Waals surface area contributed by atoms with E-state index in [9.17, 15) is 4.79 Å². The van der Waals surface area contributed by atoms with Gasteiger partial charge in [0.05, 0.1) is 11.5 Å². The van der Waals surface area contributed by atoms with Crippen LogP contribution in [0.2, 0.25) is 0 Å². The first-order chi connectivity index (χ1) is 13.4. The molecule has 0 aliphatic rings. The van der Waals surface area contributed by atoms with Crippen LogP contribution >= 0.6 is 11.3 Å². The second-order valence-corrected chi connectivity index (χ2v) is 7.76. The third-order valence-corrected chi connectivity index (χ3v) is 5.69. The number of thiophene rings is 1. The number of carbonyl (C=O) groups is 1. The molecule has 0 unspecified atom stereocenters. The van der Waals surface area contributed by atoms with E-state index in [0.29, 0.717) is 10.7 Å². The lowest BCUT2D eigenvalue weighted by atomic mass is 10.2. The lowest BCUT2D eigenvalue weighted by molar-refractivity contribution is 0.0383. The third kappa shape index (κ3) is 4.09. The molecule has 0 aliphatic heterocycles. The first-order valence-electron chi connectivity index (χ1n) is 9.51. The van der Waals surface area contributed by atoms with E-state index in [2.05, 4.69) is 46.2 Å². The van der Waals surface area contributed by atoms with Crippen LogP contribution in [-0.4, -0.2) is 35.1 Å². The molecule has 0 saturated carbocycles. The number of carbonyl (C=O) groups excluding carboxylic acids is 1. The SMILES string of the molecule is CCN(CC)c1ccc(Nc2ncnc3sc(C(=O)OC(C)C)c(C)c23)cc1. The number of nitrogens with one attached hydrogen (secondary N) is 1. The Bertz CT molecular complexity index is 962. The van der Waals surface area contributed by atoms with Gasteiger partial charge in [-0.05, 0) is 64.4 Å². The van der Waals surface area contributed by atoms with Crippen molar-refractivity contribution in [2.45, 2.75) is 40.7 Å². The summed E-state index contributed by atoms with van der Waals surface area (Å²) in [4.78, 5) is 24.8. The maximum atomic E-state index is 12.4. The predicted octanol–water partition coefficient (Wildman–Crippen LogP) is 5.15. The van der Waals surface area contributed by atoms with Crippen LogP contribution in [0.3, 0.4) is 0 Å². The number of aryl methyl sites for hydroxylation is 1. The standard InChI is InChI=1S/C21H26N4O2S/c1-6-25(7-2)16-10-8-15(9-11-16)24-19-17-14(5)18(21(26)27-13(3)4)28-20(17)23-12-22-19/h8-13H,6-7H2,1-5H3,(H,22,23,24). The van der Waals surface area contributed by atoms with E-state index < -0.39 is 0 Å². The largest absolute Gasteiger partial charge is 0.459 e. The average Bonchev–Trinajstić information content (AvgIpc) is 3.01. The van der Waals surface area contributed by atoms with E-state index in [0.717, 1.165) is 34.6 Å². The predicted molar refractivity (Wildman–Crippen MR) is 116 cm³/mol. The van der Waals surface area contributed by atoms with Gasteiger partial charge in [0.1, 0.15) is 21.9 Å². The Hall–Kier alpha value is -2.67. The van der Waals surface area contributed by atoms with Crippen LogP contribution in [0, 0.1) is 6.92 Å². The van der Waals surface area contributed by atoms with Gasteiger partial charge in [-0.1, -0.05) is 0 Å². The summed E-state index contributed by atoms with van der Waals surface area (Å²) in [6.45, 7) is 11.8. The van der Waals surface area contributed by atoms with Crippen molar-refractivity contribution >= 4 is 44.7 Å². The summed E-state index contributed by atoms with van der Waals surface area (Å²) in [5, 5.41) is 4.23. The molecule has 0 atom stereocenters. The number of nitrogens with zero attached hydrogens (tertiary/aromatic N) is 3. The van der Waals surface area contributed by atoms with Crippen LogP contribution in [0.1, 0.15) is 42.9 Å². The lowest BCUT2D eigenvalue weighted by Gasteiger charge is -2.21. The van der Waals surface area contributed by atoms with Crippen LogP contribution < -0.4 is 10.2 Å². The Morgan fingerprint density at radius 1 is 1.18 bits per heavy atom. The summed E-state index contributed by atoms with van der Waals surface area (Å²) < 4.78 is 5.36. The molecule has 7 heteroatoms. The normalized spacial score (nSPS) is 11.1. The minimum absolute atomic E-state index is 0.162. The molecule has 2 heterocycles. The number of rotatable bonds is 7. The van der Waals surface area contributed by atoms with E-state index in [1.165, 1.54) is 23.4 Å². The minimum Gasteiger partial charge on any atom is -0.459 e. The maximum Gasteiger partial charge on any atom is 0.348 e. The molecule has 28 heavy (non-hydrogen) atoms.